The summed E-state index contributed by atoms with van der Waals surface area (Å²) < 4.78 is 10.8. The summed E-state index contributed by atoms with van der Waals surface area (Å²) in [5, 5.41) is 0.648. The maximum atomic E-state index is 5.79. The van der Waals surface area contributed by atoms with Crippen LogP contribution in [0.15, 0.2) is 6.20 Å². The zero-order valence-electron chi connectivity index (χ0n) is 11.2. The molecule has 7 heteroatoms. The van der Waals surface area contributed by atoms with E-state index >= 15 is 0 Å². The van der Waals surface area contributed by atoms with Crippen molar-refractivity contribution in [1.29, 1.82) is 0 Å². The van der Waals surface area contributed by atoms with Crippen molar-refractivity contribution in [3.8, 4) is 0 Å². The van der Waals surface area contributed by atoms with Crippen LogP contribution in [-0.4, -0.2) is 49.4 Å². The Morgan fingerprint density at radius 2 is 2.37 bits per heavy atom. The highest BCUT2D eigenvalue weighted by Gasteiger charge is 2.20. The van der Waals surface area contributed by atoms with Gasteiger partial charge in [-0.3, -0.25) is 4.90 Å². The van der Waals surface area contributed by atoms with Crippen LogP contribution in [0.5, 0.6) is 0 Å². The molecule has 1 aliphatic rings. The van der Waals surface area contributed by atoms with E-state index in [4.69, 9.17) is 15.2 Å². The van der Waals surface area contributed by atoms with Gasteiger partial charge in [0.15, 0.2) is 5.13 Å². The molecule has 19 heavy (non-hydrogen) atoms. The normalized spacial score (nSPS) is 20.2. The summed E-state index contributed by atoms with van der Waals surface area (Å²) in [5.74, 6) is 0. The molecule has 110 valence electrons. The third-order valence-corrected chi connectivity index (χ3v) is 3.87. The lowest BCUT2D eigenvalue weighted by Gasteiger charge is -2.32. The molecule has 1 atom stereocenters. The van der Waals surface area contributed by atoms with Crippen LogP contribution < -0.4 is 5.73 Å². The van der Waals surface area contributed by atoms with Crippen LogP contribution in [0.4, 0.5) is 5.13 Å². The summed E-state index contributed by atoms with van der Waals surface area (Å²) in [5.41, 5.74) is 5.64. The van der Waals surface area contributed by atoms with E-state index in [1.807, 2.05) is 6.20 Å². The minimum atomic E-state index is 0. The number of likely N-dealkylation sites (tertiary alicyclic amines) is 1. The number of halogens is 1. The second-order valence-corrected chi connectivity index (χ2v) is 5.67. The quantitative estimate of drug-likeness (QED) is 0.812. The number of nitrogens with two attached hydrogens (primary N) is 1. The Morgan fingerprint density at radius 1 is 1.53 bits per heavy atom. The summed E-state index contributed by atoms with van der Waals surface area (Å²) >= 11 is 1.57. The predicted molar refractivity (Wildman–Crippen MR) is 79.9 cm³/mol. The third-order valence-electron chi connectivity index (χ3n) is 3.05. The first-order chi connectivity index (χ1) is 8.78. The number of nitrogens with zero attached hydrogens (tertiary/aromatic N) is 2. The number of hydrogen-bond acceptors (Lipinski definition) is 6. The summed E-state index contributed by atoms with van der Waals surface area (Å²) in [4.78, 5) is 7.72. The van der Waals surface area contributed by atoms with Crippen molar-refractivity contribution < 1.29 is 9.47 Å². The number of piperidine rings is 1. The molecule has 1 aromatic rings. The summed E-state index contributed by atoms with van der Waals surface area (Å²) in [7, 11) is 1.70. The van der Waals surface area contributed by atoms with Crippen LogP contribution in [0.2, 0.25) is 0 Å². The van der Waals surface area contributed by atoms with Crippen molar-refractivity contribution in [2.24, 2.45) is 0 Å². The lowest BCUT2D eigenvalue weighted by molar-refractivity contribution is -0.0222. The fourth-order valence-corrected chi connectivity index (χ4v) is 2.93. The van der Waals surface area contributed by atoms with Crippen LogP contribution in [0.3, 0.4) is 0 Å². The first-order valence-electron chi connectivity index (χ1n) is 6.31. The Bertz CT molecular complexity index is 364. The molecule has 2 N–H and O–H groups in total. The van der Waals surface area contributed by atoms with Crippen molar-refractivity contribution >= 4 is 28.9 Å². The molecule has 0 aromatic carbocycles. The van der Waals surface area contributed by atoms with Crippen LogP contribution in [0, 0.1) is 0 Å². The minimum Gasteiger partial charge on any atom is -0.382 e. The first-order valence-corrected chi connectivity index (χ1v) is 7.12. The molecule has 0 saturated carbocycles. The zero-order chi connectivity index (χ0) is 12.8. The monoisotopic (exact) mass is 307 g/mol. The van der Waals surface area contributed by atoms with Gasteiger partial charge in [-0.2, -0.15) is 0 Å². The molecule has 2 rings (SSSR count). The van der Waals surface area contributed by atoms with Gasteiger partial charge in [0.05, 0.1) is 19.3 Å². The van der Waals surface area contributed by atoms with E-state index in [0.29, 0.717) is 24.4 Å². The molecular weight excluding hydrogens is 286 g/mol. The number of ether oxygens (including phenoxy) is 2. The summed E-state index contributed by atoms with van der Waals surface area (Å²) in [6.07, 6.45) is 4.53. The molecule has 1 unspecified atom stereocenters. The van der Waals surface area contributed by atoms with Crippen LogP contribution in [-0.2, 0) is 16.0 Å². The van der Waals surface area contributed by atoms with Gasteiger partial charge in [-0.15, -0.1) is 23.7 Å². The summed E-state index contributed by atoms with van der Waals surface area (Å²) in [6.45, 7) is 4.40. The summed E-state index contributed by atoms with van der Waals surface area (Å²) in [6, 6.07) is 0. The van der Waals surface area contributed by atoms with Gasteiger partial charge in [-0.1, -0.05) is 0 Å². The highest BCUT2D eigenvalue weighted by atomic mass is 35.5. The molecule has 1 aliphatic heterocycles. The molecule has 0 aliphatic carbocycles. The number of thiazole rings is 1. The van der Waals surface area contributed by atoms with E-state index in [9.17, 15) is 0 Å². The lowest BCUT2D eigenvalue weighted by Crippen LogP contribution is -2.39. The Balaban J connectivity index is 0.00000180. The number of methoxy groups -OCH3 is 1. The van der Waals surface area contributed by atoms with E-state index in [-0.39, 0.29) is 12.4 Å². The van der Waals surface area contributed by atoms with Gasteiger partial charge in [0.2, 0.25) is 0 Å². The van der Waals surface area contributed by atoms with E-state index in [2.05, 4.69) is 9.88 Å². The SMILES string of the molecule is COCCOC1CCCN(Cc2cnc(N)s2)C1.Cl. The Labute approximate surface area is 124 Å². The minimum absolute atomic E-state index is 0. The van der Waals surface area contributed by atoms with E-state index in [0.717, 1.165) is 26.1 Å². The van der Waals surface area contributed by atoms with Gasteiger partial charge in [-0.25, -0.2) is 4.98 Å². The topological polar surface area (TPSA) is 60.6 Å². The maximum Gasteiger partial charge on any atom is 0.180 e. The fraction of sp³-hybridized carbons (Fsp3) is 0.750. The third kappa shape index (κ3) is 5.62. The van der Waals surface area contributed by atoms with Crippen LogP contribution in [0.25, 0.3) is 0 Å². The number of rotatable bonds is 6. The molecule has 1 saturated heterocycles. The fourth-order valence-electron chi connectivity index (χ4n) is 2.21. The second-order valence-electron chi connectivity index (χ2n) is 4.53. The smallest absolute Gasteiger partial charge is 0.180 e. The average Bonchev–Trinajstić information content (AvgIpc) is 2.76. The Hall–Kier alpha value is -0.400. The van der Waals surface area contributed by atoms with E-state index in [1.54, 1.807) is 18.4 Å². The maximum absolute atomic E-state index is 5.79. The molecule has 0 spiro atoms. The number of anilines is 1. The van der Waals surface area contributed by atoms with E-state index in [1.165, 1.54) is 11.3 Å². The van der Waals surface area contributed by atoms with Crippen LogP contribution in [0.1, 0.15) is 17.7 Å². The Morgan fingerprint density at radius 3 is 3.05 bits per heavy atom. The largest absolute Gasteiger partial charge is 0.382 e. The van der Waals surface area contributed by atoms with Crippen molar-refractivity contribution in [2.75, 3.05) is 39.1 Å². The molecule has 1 aromatic heterocycles. The molecule has 0 bridgehead atoms. The highest BCUT2D eigenvalue weighted by molar-refractivity contribution is 7.15. The number of hydrogen-bond donors (Lipinski definition) is 1. The van der Waals surface area contributed by atoms with E-state index < -0.39 is 0 Å². The van der Waals surface area contributed by atoms with Gasteiger partial charge in [0.25, 0.3) is 0 Å². The average molecular weight is 308 g/mol. The number of aromatic nitrogens is 1. The first kappa shape index (κ1) is 16.7. The van der Waals surface area contributed by atoms with Crippen molar-refractivity contribution in [3.63, 3.8) is 0 Å². The van der Waals surface area contributed by atoms with Crippen molar-refractivity contribution in [1.82, 2.24) is 9.88 Å². The van der Waals surface area contributed by atoms with Gasteiger partial charge in [0, 0.05) is 31.3 Å². The molecule has 0 radical (unpaired) electrons. The number of nitrogen functional groups attached to an aromatic ring is 1. The van der Waals surface area contributed by atoms with Crippen LogP contribution >= 0.6 is 23.7 Å². The van der Waals surface area contributed by atoms with Gasteiger partial charge >= 0.3 is 0 Å². The Kier molecular flexibility index (Phi) is 7.63. The van der Waals surface area contributed by atoms with Gasteiger partial charge < -0.3 is 15.2 Å². The van der Waals surface area contributed by atoms with Crippen molar-refractivity contribution in [3.05, 3.63) is 11.1 Å². The second kappa shape index (κ2) is 8.71. The molecular formula is C12H22ClN3O2S. The molecule has 1 fully saturated rings. The van der Waals surface area contributed by atoms with Crippen molar-refractivity contribution in [2.45, 2.75) is 25.5 Å². The zero-order valence-corrected chi connectivity index (χ0v) is 12.8. The molecule has 0 amide bonds. The molecule has 2 heterocycles. The molecule has 5 nitrogen and oxygen atoms in total. The standard InChI is InChI=1S/C12H21N3O2S.ClH/c1-16-5-6-17-10-3-2-4-15(8-10)9-11-7-14-12(13)18-11;/h7,10H,2-6,8-9H2,1H3,(H2,13,14);1H. The predicted octanol–water partition coefficient (Wildman–Crippen LogP) is 1.77. The lowest BCUT2D eigenvalue weighted by atomic mass is 10.1. The van der Waals surface area contributed by atoms with Gasteiger partial charge in [0.1, 0.15) is 0 Å². The van der Waals surface area contributed by atoms with Gasteiger partial charge in [-0.05, 0) is 19.4 Å². The highest BCUT2D eigenvalue weighted by Crippen LogP contribution is 2.20.